The highest BCUT2D eigenvalue weighted by molar-refractivity contribution is 6.33. The van der Waals surface area contributed by atoms with Gasteiger partial charge in [0, 0.05) is 0 Å². The van der Waals surface area contributed by atoms with Crippen molar-refractivity contribution in [3.05, 3.63) is 58.6 Å². The molecule has 0 bridgehead atoms. The first-order valence-corrected chi connectivity index (χ1v) is 10.6. The minimum atomic E-state index is -1.08. The van der Waals surface area contributed by atoms with Gasteiger partial charge in [0.2, 0.25) is 0 Å². The van der Waals surface area contributed by atoms with Gasteiger partial charge < -0.3 is 25.6 Å². The van der Waals surface area contributed by atoms with Crippen LogP contribution >= 0.6 is 11.6 Å². The molecule has 0 saturated carbocycles. The molecule has 31 heavy (non-hydrogen) atoms. The van der Waals surface area contributed by atoms with Crippen molar-refractivity contribution in [2.24, 2.45) is 0 Å². The number of aliphatic carboxylic acids is 2. The van der Waals surface area contributed by atoms with Crippen molar-refractivity contribution in [1.82, 2.24) is 5.32 Å². The van der Waals surface area contributed by atoms with Gasteiger partial charge in [0.1, 0.15) is 12.4 Å². The second kappa shape index (κ2) is 12.8. The third kappa shape index (κ3) is 8.86. The Labute approximate surface area is 187 Å². The van der Waals surface area contributed by atoms with Crippen LogP contribution in [0.1, 0.15) is 30.9 Å². The van der Waals surface area contributed by atoms with Crippen molar-refractivity contribution < 1.29 is 24.5 Å². The van der Waals surface area contributed by atoms with E-state index in [1.807, 2.05) is 36.4 Å². The average Bonchev–Trinajstić information content (AvgIpc) is 3.00. The third-order valence-corrected chi connectivity index (χ3v) is 4.98. The molecule has 2 aromatic rings. The predicted octanol–water partition coefficient (Wildman–Crippen LogP) is 3.84. The second-order valence-corrected chi connectivity index (χ2v) is 7.67. The lowest BCUT2D eigenvalue weighted by Gasteiger charge is -2.21. The van der Waals surface area contributed by atoms with E-state index in [1.165, 1.54) is 11.1 Å². The van der Waals surface area contributed by atoms with E-state index >= 15 is 0 Å². The van der Waals surface area contributed by atoms with Crippen LogP contribution in [0.25, 0.3) is 0 Å². The molecule has 1 atom stereocenters. The third-order valence-electron chi connectivity index (χ3n) is 4.67. The van der Waals surface area contributed by atoms with E-state index < -0.39 is 11.9 Å². The van der Waals surface area contributed by atoms with E-state index in [4.69, 9.17) is 26.6 Å². The minimum absolute atomic E-state index is 0.176. The fraction of sp³-hybridized carbons (Fsp3) is 0.391. The molecule has 0 fully saturated rings. The zero-order valence-electron chi connectivity index (χ0n) is 17.6. The summed E-state index contributed by atoms with van der Waals surface area (Å²) in [5.74, 6) is -1.26. The summed E-state index contributed by atoms with van der Waals surface area (Å²) in [5, 5.41) is 23.6. The topological polar surface area (TPSA) is 108 Å². The lowest BCUT2D eigenvalue weighted by molar-refractivity contribution is -0.143. The smallest absolute Gasteiger partial charge is 0.303 e. The van der Waals surface area contributed by atoms with Gasteiger partial charge in [0.05, 0.1) is 29.6 Å². The van der Waals surface area contributed by atoms with Crippen LogP contribution in [0.5, 0.6) is 5.75 Å². The van der Waals surface area contributed by atoms with Gasteiger partial charge in [0.15, 0.2) is 0 Å². The number of benzene rings is 2. The molecule has 7 nitrogen and oxygen atoms in total. The van der Waals surface area contributed by atoms with Crippen molar-refractivity contribution in [2.75, 3.05) is 25.0 Å². The van der Waals surface area contributed by atoms with Crippen LogP contribution in [0.2, 0.25) is 5.02 Å². The Hall–Kier alpha value is -2.77. The lowest BCUT2D eigenvalue weighted by Crippen LogP contribution is -2.24. The van der Waals surface area contributed by atoms with Crippen LogP contribution in [-0.4, -0.2) is 47.9 Å². The number of rotatable bonds is 8. The summed E-state index contributed by atoms with van der Waals surface area (Å²) in [6.45, 7) is 4.74. The van der Waals surface area contributed by atoms with Gasteiger partial charge in [-0.15, -0.1) is 0 Å². The molecule has 0 radical (unpaired) electrons. The predicted molar refractivity (Wildman–Crippen MR) is 121 cm³/mol. The van der Waals surface area contributed by atoms with E-state index in [0.29, 0.717) is 6.61 Å². The standard InChI is InChI=1S/C19H23ClN2O.C4H6O4/c1-14(13-23-16-5-3-2-4-6-16)22-19-17-10-12-21-11-9-15(17)7-8-18(19)20;5-3(6)1-2-4(7)8/h2-8,14,21-22H,9-13H2,1H3;1-2H2,(H,5,6)(H,7,8)/t14-;/m1./s1. The first-order chi connectivity index (χ1) is 14.9. The molecule has 1 aliphatic rings. The maximum Gasteiger partial charge on any atom is 0.303 e. The number of carboxylic acid groups (broad SMARTS) is 2. The van der Waals surface area contributed by atoms with E-state index in [-0.39, 0.29) is 18.9 Å². The maximum atomic E-state index is 9.64. The Bertz CT molecular complexity index is 847. The summed E-state index contributed by atoms with van der Waals surface area (Å²) in [6, 6.07) is 14.2. The Morgan fingerprint density at radius 1 is 1.06 bits per heavy atom. The van der Waals surface area contributed by atoms with Crippen LogP contribution in [-0.2, 0) is 22.4 Å². The number of halogens is 1. The molecule has 2 aromatic carbocycles. The van der Waals surface area contributed by atoms with E-state index in [9.17, 15) is 9.59 Å². The van der Waals surface area contributed by atoms with Crippen molar-refractivity contribution >= 4 is 29.2 Å². The van der Waals surface area contributed by atoms with Gasteiger partial charge in [-0.2, -0.15) is 0 Å². The van der Waals surface area contributed by atoms with Gasteiger partial charge >= 0.3 is 11.9 Å². The monoisotopic (exact) mass is 448 g/mol. The molecule has 0 spiro atoms. The van der Waals surface area contributed by atoms with Crippen molar-refractivity contribution in [3.8, 4) is 5.75 Å². The molecule has 3 rings (SSSR count). The molecule has 8 heteroatoms. The fourth-order valence-electron chi connectivity index (χ4n) is 3.14. The summed E-state index contributed by atoms with van der Waals surface area (Å²) in [7, 11) is 0. The Morgan fingerprint density at radius 2 is 1.71 bits per heavy atom. The number of nitrogens with one attached hydrogen (secondary N) is 2. The summed E-state index contributed by atoms with van der Waals surface area (Å²) in [4.78, 5) is 19.3. The number of anilines is 1. The molecule has 0 aliphatic carbocycles. The van der Waals surface area contributed by atoms with Crippen molar-refractivity contribution in [2.45, 2.75) is 38.6 Å². The highest BCUT2D eigenvalue weighted by atomic mass is 35.5. The summed E-state index contributed by atoms with van der Waals surface area (Å²) >= 11 is 6.45. The normalized spacial score (nSPS) is 13.6. The SMILES string of the molecule is C[C@H](COc1ccccc1)Nc1c(Cl)ccc2c1CCNCC2.O=C(O)CCC(=O)O. The van der Waals surface area contributed by atoms with Crippen LogP contribution in [0.3, 0.4) is 0 Å². The molecular formula is C23H29ClN2O5. The second-order valence-electron chi connectivity index (χ2n) is 7.27. The molecular weight excluding hydrogens is 420 g/mol. The number of fused-ring (bicyclic) bond motifs is 1. The number of carboxylic acids is 2. The van der Waals surface area contributed by atoms with E-state index in [1.54, 1.807) is 0 Å². The number of hydrogen-bond donors (Lipinski definition) is 4. The highest BCUT2D eigenvalue weighted by Gasteiger charge is 2.16. The van der Waals surface area contributed by atoms with E-state index in [2.05, 4.69) is 23.6 Å². The van der Waals surface area contributed by atoms with Gasteiger partial charge in [-0.3, -0.25) is 9.59 Å². The van der Waals surface area contributed by atoms with Gasteiger partial charge in [0.25, 0.3) is 0 Å². The average molecular weight is 449 g/mol. The van der Waals surface area contributed by atoms with Crippen molar-refractivity contribution in [3.63, 3.8) is 0 Å². The van der Waals surface area contributed by atoms with E-state index in [0.717, 1.165) is 42.4 Å². The quantitative estimate of drug-likeness (QED) is 0.485. The fourth-order valence-corrected chi connectivity index (χ4v) is 3.37. The zero-order valence-corrected chi connectivity index (χ0v) is 18.3. The van der Waals surface area contributed by atoms with Crippen LogP contribution in [0.15, 0.2) is 42.5 Å². The molecule has 4 N–H and O–H groups in total. The molecule has 0 aromatic heterocycles. The number of carbonyl (C=O) groups is 2. The molecule has 168 valence electrons. The summed E-state index contributed by atoms with van der Waals surface area (Å²) in [6.07, 6.45) is 1.46. The Kier molecular flexibility index (Phi) is 10.1. The maximum absolute atomic E-state index is 9.64. The van der Waals surface area contributed by atoms with Gasteiger partial charge in [-0.1, -0.05) is 35.9 Å². The van der Waals surface area contributed by atoms with Crippen molar-refractivity contribution in [1.29, 1.82) is 0 Å². The van der Waals surface area contributed by atoms with Gasteiger partial charge in [-0.25, -0.2) is 0 Å². The minimum Gasteiger partial charge on any atom is -0.491 e. The first-order valence-electron chi connectivity index (χ1n) is 10.3. The summed E-state index contributed by atoms with van der Waals surface area (Å²) < 4.78 is 5.83. The number of hydrogen-bond acceptors (Lipinski definition) is 5. The zero-order chi connectivity index (χ0) is 22.6. The summed E-state index contributed by atoms with van der Waals surface area (Å²) in [5.41, 5.74) is 3.80. The van der Waals surface area contributed by atoms with Crippen LogP contribution in [0, 0.1) is 0 Å². The Morgan fingerprint density at radius 3 is 2.35 bits per heavy atom. The molecule has 0 unspecified atom stereocenters. The molecule has 1 aliphatic heterocycles. The number of para-hydroxylation sites is 1. The largest absolute Gasteiger partial charge is 0.491 e. The lowest BCUT2D eigenvalue weighted by atomic mass is 10.0. The van der Waals surface area contributed by atoms with Crippen LogP contribution in [0.4, 0.5) is 5.69 Å². The molecule has 1 heterocycles. The molecule has 0 saturated heterocycles. The van der Waals surface area contributed by atoms with Crippen LogP contribution < -0.4 is 15.4 Å². The number of ether oxygens (including phenoxy) is 1. The Balaban J connectivity index is 0.000000366. The van der Waals surface area contributed by atoms with Gasteiger partial charge in [-0.05, 0) is 62.2 Å². The molecule has 0 amide bonds. The first kappa shape index (κ1) is 24.5. The highest BCUT2D eigenvalue weighted by Crippen LogP contribution is 2.31.